The highest BCUT2D eigenvalue weighted by molar-refractivity contribution is 8.00. The summed E-state index contributed by atoms with van der Waals surface area (Å²) in [5.74, 6) is 0.821. The number of aryl methyl sites for hydroxylation is 1. The lowest BCUT2D eigenvalue weighted by Gasteiger charge is -2.10. The maximum absolute atomic E-state index is 12.5. The molecule has 0 saturated carbocycles. The average Bonchev–Trinajstić information content (AvgIpc) is 2.74. The number of carbonyl (C=O) groups excluding carboxylic acids is 1. The third-order valence-corrected chi connectivity index (χ3v) is 6.59. The molecular weight excluding hydrogens is 420 g/mol. The fraction of sp³-hybridized carbons (Fsp3) is 0.136. The quantitative estimate of drug-likeness (QED) is 0.501. The number of ether oxygens (including phenoxy) is 1. The van der Waals surface area contributed by atoms with E-state index in [2.05, 4.69) is 10.0 Å². The summed E-state index contributed by atoms with van der Waals surface area (Å²) in [7, 11) is -2.10. The van der Waals surface area contributed by atoms with Crippen LogP contribution in [-0.2, 0) is 14.8 Å². The minimum Gasteiger partial charge on any atom is -0.497 e. The number of nitrogens with one attached hydrogen (secondary N) is 2. The first kappa shape index (κ1) is 21.7. The molecule has 2 N–H and O–H groups in total. The largest absolute Gasteiger partial charge is 0.497 e. The number of benzene rings is 3. The van der Waals surface area contributed by atoms with E-state index in [1.54, 1.807) is 31.4 Å². The minimum absolute atomic E-state index is 0.119. The standard InChI is InChI=1S/C22H22N2O4S2/c1-16-3-5-18(6-4-16)24-30(26,27)21-13-7-17(8-14-21)23-22(25)15-29-20-11-9-19(28-2)10-12-20/h3-14,24H,15H2,1-2H3,(H,23,25). The lowest BCUT2D eigenvalue weighted by Crippen LogP contribution is -2.15. The van der Waals surface area contributed by atoms with Crippen molar-refractivity contribution in [2.45, 2.75) is 16.7 Å². The van der Waals surface area contributed by atoms with Crippen LogP contribution in [0.5, 0.6) is 5.75 Å². The van der Waals surface area contributed by atoms with Crippen LogP contribution in [0.3, 0.4) is 0 Å². The zero-order chi connectivity index (χ0) is 21.6. The Labute approximate surface area is 180 Å². The van der Waals surface area contributed by atoms with Crippen LogP contribution in [0, 0.1) is 6.92 Å². The summed E-state index contributed by atoms with van der Waals surface area (Å²) in [6.45, 7) is 1.93. The molecule has 0 aliphatic rings. The van der Waals surface area contributed by atoms with Crippen LogP contribution in [0.25, 0.3) is 0 Å². The lowest BCUT2D eigenvalue weighted by molar-refractivity contribution is -0.113. The fourth-order valence-corrected chi connectivity index (χ4v) is 4.33. The van der Waals surface area contributed by atoms with Crippen LogP contribution in [0.15, 0.2) is 82.6 Å². The zero-order valence-corrected chi connectivity index (χ0v) is 18.2. The van der Waals surface area contributed by atoms with Gasteiger partial charge in [0.2, 0.25) is 5.91 Å². The Kier molecular flexibility index (Phi) is 7.02. The van der Waals surface area contributed by atoms with Crippen LogP contribution in [0.4, 0.5) is 11.4 Å². The van der Waals surface area contributed by atoms with Crippen molar-refractivity contribution >= 4 is 39.1 Å². The number of anilines is 2. The van der Waals surface area contributed by atoms with E-state index >= 15 is 0 Å². The number of rotatable bonds is 8. The second-order valence-corrected chi connectivity index (χ2v) is 9.24. The van der Waals surface area contributed by atoms with Gasteiger partial charge in [0, 0.05) is 16.3 Å². The molecule has 156 valence electrons. The van der Waals surface area contributed by atoms with Crippen LogP contribution in [-0.4, -0.2) is 27.2 Å². The molecule has 3 aromatic carbocycles. The van der Waals surface area contributed by atoms with E-state index in [-0.39, 0.29) is 16.6 Å². The Morgan fingerprint density at radius 1 is 0.900 bits per heavy atom. The fourth-order valence-electron chi connectivity index (χ4n) is 2.57. The first-order valence-electron chi connectivity index (χ1n) is 9.12. The van der Waals surface area contributed by atoms with E-state index in [1.807, 2.05) is 43.3 Å². The molecule has 0 fully saturated rings. The number of carbonyl (C=O) groups is 1. The summed E-state index contributed by atoms with van der Waals surface area (Å²) >= 11 is 1.40. The molecule has 6 nitrogen and oxygen atoms in total. The molecule has 3 aromatic rings. The summed E-state index contributed by atoms with van der Waals surface area (Å²) in [6.07, 6.45) is 0. The van der Waals surface area contributed by atoms with Crippen molar-refractivity contribution in [2.24, 2.45) is 0 Å². The van der Waals surface area contributed by atoms with E-state index < -0.39 is 10.0 Å². The average molecular weight is 443 g/mol. The summed E-state index contributed by atoms with van der Waals surface area (Å²) < 4.78 is 32.7. The normalized spacial score (nSPS) is 11.0. The van der Waals surface area contributed by atoms with Gasteiger partial charge in [0.05, 0.1) is 17.8 Å². The van der Waals surface area contributed by atoms with Crippen molar-refractivity contribution < 1.29 is 17.9 Å². The molecule has 8 heteroatoms. The van der Waals surface area contributed by atoms with E-state index in [1.165, 1.54) is 23.9 Å². The Bertz CT molecular complexity index is 1100. The van der Waals surface area contributed by atoms with Gasteiger partial charge < -0.3 is 10.1 Å². The highest BCUT2D eigenvalue weighted by atomic mass is 32.2. The topological polar surface area (TPSA) is 84.5 Å². The molecule has 0 spiro atoms. The molecule has 0 aliphatic carbocycles. The number of sulfonamides is 1. The molecule has 0 aromatic heterocycles. The van der Waals surface area contributed by atoms with Gasteiger partial charge in [-0.15, -0.1) is 11.8 Å². The van der Waals surface area contributed by atoms with Crippen molar-refractivity contribution in [1.82, 2.24) is 0 Å². The van der Waals surface area contributed by atoms with Gasteiger partial charge >= 0.3 is 0 Å². The first-order valence-corrected chi connectivity index (χ1v) is 11.6. The summed E-state index contributed by atoms with van der Waals surface area (Å²) in [6, 6.07) is 20.6. The van der Waals surface area contributed by atoms with Crippen molar-refractivity contribution in [2.75, 3.05) is 22.9 Å². The number of thioether (sulfide) groups is 1. The van der Waals surface area contributed by atoms with E-state index in [0.29, 0.717) is 11.4 Å². The van der Waals surface area contributed by atoms with E-state index in [0.717, 1.165) is 16.2 Å². The Hall–Kier alpha value is -2.97. The summed E-state index contributed by atoms with van der Waals surface area (Å²) in [4.78, 5) is 13.2. The molecule has 0 unspecified atom stereocenters. The maximum atomic E-state index is 12.5. The monoisotopic (exact) mass is 442 g/mol. The van der Waals surface area contributed by atoms with Gasteiger partial charge in [-0.2, -0.15) is 0 Å². The number of hydrogen-bond acceptors (Lipinski definition) is 5. The Morgan fingerprint density at radius 2 is 1.50 bits per heavy atom. The predicted molar refractivity (Wildman–Crippen MR) is 121 cm³/mol. The molecule has 0 atom stereocenters. The van der Waals surface area contributed by atoms with E-state index in [9.17, 15) is 13.2 Å². The number of hydrogen-bond donors (Lipinski definition) is 2. The molecule has 0 bridgehead atoms. The second-order valence-electron chi connectivity index (χ2n) is 6.51. The number of amides is 1. The van der Waals surface area contributed by atoms with Gasteiger partial charge in [-0.1, -0.05) is 17.7 Å². The van der Waals surface area contributed by atoms with Gasteiger partial charge in [0.15, 0.2) is 0 Å². The Balaban J connectivity index is 1.56. The van der Waals surface area contributed by atoms with Gasteiger partial charge in [-0.05, 0) is 67.6 Å². The molecule has 3 rings (SSSR count). The highest BCUT2D eigenvalue weighted by Gasteiger charge is 2.14. The van der Waals surface area contributed by atoms with Crippen molar-refractivity contribution in [1.29, 1.82) is 0 Å². The van der Waals surface area contributed by atoms with Crippen molar-refractivity contribution in [3.05, 3.63) is 78.4 Å². The van der Waals surface area contributed by atoms with Gasteiger partial charge in [0.25, 0.3) is 10.0 Å². The minimum atomic E-state index is -3.70. The molecule has 0 aliphatic heterocycles. The summed E-state index contributed by atoms with van der Waals surface area (Å²) in [5, 5.41) is 2.77. The summed E-state index contributed by atoms with van der Waals surface area (Å²) in [5.41, 5.74) is 2.07. The van der Waals surface area contributed by atoms with Crippen LogP contribution in [0.2, 0.25) is 0 Å². The first-order chi connectivity index (χ1) is 14.4. The molecular formula is C22H22N2O4S2. The number of methoxy groups -OCH3 is 1. The molecule has 1 amide bonds. The highest BCUT2D eigenvalue weighted by Crippen LogP contribution is 2.22. The smallest absolute Gasteiger partial charge is 0.261 e. The van der Waals surface area contributed by atoms with Crippen molar-refractivity contribution in [3.63, 3.8) is 0 Å². The predicted octanol–water partition coefficient (Wildman–Crippen LogP) is 4.54. The molecule has 0 saturated heterocycles. The van der Waals surface area contributed by atoms with Gasteiger partial charge in [-0.25, -0.2) is 8.42 Å². The van der Waals surface area contributed by atoms with Crippen LogP contribution in [0.1, 0.15) is 5.56 Å². The molecule has 30 heavy (non-hydrogen) atoms. The third-order valence-electron chi connectivity index (χ3n) is 4.18. The van der Waals surface area contributed by atoms with Gasteiger partial charge in [-0.3, -0.25) is 9.52 Å². The van der Waals surface area contributed by atoms with Gasteiger partial charge in [0.1, 0.15) is 5.75 Å². The Morgan fingerprint density at radius 3 is 2.10 bits per heavy atom. The van der Waals surface area contributed by atoms with Crippen molar-refractivity contribution in [3.8, 4) is 5.75 Å². The van der Waals surface area contributed by atoms with Crippen LogP contribution >= 0.6 is 11.8 Å². The van der Waals surface area contributed by atoms with E-state index in [4.69, 9.17) is 4.74 Å². The lowest BCUT2D eigenvalue weighted by atomic mass is 10.2. The zero-order valence-electron chi connectivity index (χ0n) is 16.6. The molecule has 0 heterocycles. The SMILES string of the molecule is COc1ccc(SCC(=O)Nc2ccc(S(=O)(=O)Nc3ccc(C)cc3)cc2)cc1. The molecule has 0 radical (unpaired) electrons. The second kappa shape index (κ2) is 9.69. The van der Waals surface area contributed by atoms with Crippen LogP contribution < -0.4 is 14.8 Å². The maximum Gasteiger partial charge on any atom is 0.261 e. The third kappa shape index (κ3) is 6.01.